The molecule has 8 nitrogen and oxygen atoms in total. The largest absolute Gasteiger partial charge is 0.454 e. The van der Waals surface area contributed by atoms with Gasteiger partial charge in [-0.3, -0.25) is 0 Å². The molecule has 2 aromatic heterocycles. The van der Waals surface area contributed by atoms with E-state index in [0.29, 0.717) is 0 Å². The van der Waals surface area contributed by atoms with E-state index < -0.39 is 0 Å². The molecule has 2 atom stereocenters. The van der Waals surface area contributed by atoms with E-state index in [1.165, 1.54) is 0 Å². The van der Waals surface area contributed by atoms with Crippen molar-refractivity contribution in [3.63, 3.8) is 0 Å². The summed E-state index contributed by atoms with van der Waals surface area (Å²) in [7, 11) is 0. The minimum Gasteiger partial charge on any atom is -0.454 e. The van der Waals surface area contributed by atoms with Gasteiger partial charge >= 0.3 is 0 Å². The smallest absolute Gasteiger partial charge is 0.231 e. The topological polar surface area (TPSA) is 85.6 Å². The molecule has 2 N–H and O–H groups in total. The lowest BCUT2D eigenvalue weighted by atomic mass is 10.0. The second kappa shape index (κ2) is 5.63. The Morgan fingerprint density at radius 2 is 1.89 bits per heavy atom. The highest BCUT2D eigenvalue weighted by atomic mass is 16.7. The van der Waals surface area contributed by atoms with E-state index in [9.17, 15) is 0 Å². The van der Waals surface area contributed by atoms with Gasteiger partial charge in [0.15, 0.2) is 23.0 Å². The molecule has 2 aliphatic rings. The van der Waals surface area contributed by atoms with Crippen LogP contribution < -0.4 is 20.3 Å². The van der Waals surface area contributed by atoms with Gasteiger partial charge in [-0.2, -0.15) is 0 Å². The van der Waals surface area contributed by atoms with Crippen LogP contribution in [0.15, 0.2) is 48.8 Å². The molecule has 0 saturated carbocycles. The number of aromatic nitrogens is 4. The molecule has 1 saturated heterocycles. The average molecular weight is 360 g/mol. The monoisotopic (exact) mass is 360 g/mol. The molecule has 0 aliphatic carbocycles. The van der Waals surface area contributed by atoms with Gasteiger partial charge in [-0.15, -0.1) is 5.10 Å². The average Bonchev–Trinajstić information content (AvgIpc) is 3.45. The molecule has 4 aromatic rings. The molecule has 0 radical (unpaired) electrons. The molecule has 2 unspecified atom stereocenters. The standard InChI is InChI=1S/C19H16N6O2/c1-2-4-13-12(3-1)19-21-18(24-25(19)9-20-13)15-8-14(22-23-15)11-5-6-16-17(7-11)27-10-26-16/h1-7,9,14-15,22-23H,8,10H2. The zero-order valence-corrected chi connectivity index (χ0v) is 14.3. The molecular weight excluding hydrogens is 344 g/mol. The normalized spacial score (nSPS) is 21.3. The fourth-order valence-electron chi connectivity index (χ4n) is 3.72. The first-order valence-corrected chi connectivity index (χ1v) is 8.86. The molecule has 1 fully saturated rings. The Hall–Kier alpha value is -3.23. The quantitative estimate of drug-likeness (QED) is 0.567. The van der Waals surface area contributed by atoms with Crippen molar-refractivity contribution < 1.29 is 9.47 Å². The Balaban J connectivity index is 1.31. The van der Waals surface area contributed by atoms with Crippen molar-refractivity contribution in [2.75, 3.05) is 6.79 Å². The maximum Gasteiger partial charge on any atom is 0.231 e. The number of para-hydroxylation sites is 1. The highest BCUT2D eigenvalue weighted by molar-refractivity contribution is 5.90. The second-order valence-electron chi connectivity index (χ2n) is 6.74. The van der Waals surface area contributed by atoms with Crippen LogP contribution in [0.2, 0.25) is 0 Å². The number of hydrazine groups is 1. The van der Waals surface area contributed by atoms with Gasteiger partial charge in [0.1, 0.15) is 6.33 Å². The van der Waals surface area contributed by atoms with E-state index in [4.69, 9.17) is 14.5 Å². The maximum atomic E-state index is 5.49. The van der Waals surface area contributed by atoms with E-state index in [1.807, 2.05) is 36.4 Å². The number of hydrogen-bond acceptors (Lipinski definition) is 7. The van der Waals surface area contributed by atoms with Gasteiger partial charge in [-0.1, -0.05) is 18.2 Å². The molecule has 6 rings (SSSR count). The lowest BCUT2D eigenvalue weighted by Crippen LogP contribution is -2.27. The van der Waals surface area contributed by atoms with Crippen LogP contribution in [0, 0.1) is 0 Å². The summed E-state index contributed by atoms with van der Waals surface area (Å²) in [6, 6.07) is 14.2. The minimum absolute atomic E-state index is 0.0130. The van der Waals surface area contributed by atoms with Crippen molar-refractivity contribution in [2.24, 2.45) is 0 Å². The third-order valence-corrected chi connectivity index (χ3v) is 5.11. The molecule has 27 heavy (non-hydrogen) atoms. The lowest BCUT2D eigenvalue weighted by Gasteiger charge is -2.10. The van der Waals surface area contributed by atoms with Crippen molar-refractivity contribution in [3.8, 4) is 11.5 Å². The summed E-state index contributed by atoms with van der Waals surface area (Å²) in [6.07, 6.45) is 2.55. The number of ether oxygens (including phenoxy) is 2. The van der Waals surface area contributed by atoms with Crippen LogP contribution in [-0.2, 0) is 0 Å². The summed E-state index contributed by atoms with van der Waals surface area (Å²) in [6.45, 7) is 0.283. The SMILES string of the molecule is c1ccc2c(c1)ncn1nc(C3CC(c4ccc5c(c4)OCO5)NN3)nc21. The summed E-state index contributed by atoms with van der Waals surface area (Å²) in [5, 5.41) is 5.62. The molecule has 8 heteroatoms. The number of fused-ring (bicyclic) bond motifs is 4. The zero-order chi connectivity index (χ0) is 17.8. The first kappa shape index (κ1) is 14.9. The number of nitrogens with zero attached hydrogens (tertiary/aromatic N) is 4. The number of nitrogens with one attached hydrogen (secondary N) is 2. The predicted molar refractivity (Wildman–Crippen MR) is 97.2 cm³/mol. The molecule has 2 aromatic carbocycles. The summed E-state index contributed by atoms with van der Waals surface area (Å²) >= 11 is 0. The van der Waals surface area contributed by atoms with Crippen molar-refractivity contribution in [1.82, 2.24) is 30.4 Å². The predicted octanol–water partition coefficient (Wildman–Crippen LogP) is 2.29. The molecular formula is C19H16N6O2. The third kappa shape index (κ3) is 2.34. The Kier molecular flexibility index (Phi) is 3.11. The molecule has 4 heterocycles. The number of rotatable bonds is 2. The molecule has 0 spiro atoms. The minimum atomic E-state index is 0.0130. The van der Waals surface area contributed by atoms with Gasteiger partial charge in [-0.05, 0) is 36.2 Å². The van der Waals surface area contributed by atoms with Gasteiger partial charge in [0.25, 0.3) is 0 Å². The van der Waals surface area contributed by atoms with Gasteiger partial charge in [0.05, 0.1) is 11.6 Å². The maximum absolute atomic E-state index is 5.49. The van der Waals surface area contributed by atoms with Crippen LogP contribution >= 0.6 is 0 Å². The Bertz CT molecular complexity index is 1170. The van der Waals surface area contributed by atoms with E-state index in [2.05, 4.69) is 27.0 Å². The summed E-state index contributed by atoms with van der Waals surface area (Å²) in [5.41, 5.74) is 9.54. The summed E-state index contributed by atoms with van der Waals surface area (Å²) in [5.74, 6) is 2.34. The highest BCUT2D eigenvalue weighted by Gasteiger charge is 2.30. The van der Waals surface area contributed by atoms with Gasteiger partial charge < -0.3 is 9.47 Å². The second-order valence-corrected chi connectivity index (χ2v) is 6.74. The Morgan fingerprint density at radius 1 is 1.00 bits per heavy atom. The number of hydrogen-bond donors (Lipinski definition) is 2. The van der Waals surface area contributed by atoms with Crippen LogP contribution in [0.3, 0.4) is 0 Å². The fraction of sp³-hybridized carbons (Fsp3) is 0.211. The van der Waals surface area contributed by atoms with E-state index in [1.54, 1.807) is 10.8 Å². The zero-order valence-electron chi connectivity index (χ0n) is 14.3. The highest BCUT2D eigenvalue weighted by Crippen LogP contribution is 2.37. The van der Waals surface area contributed by atoms with Crippen molar-refractivity contribution in [2.45, 2.75) is 18.5 Å². The molecule has 134 valence electrons. The molecule has 0 bridgehead atoms. The van der Waals surface area contributed by atoms with Crippen LogP contribution in [0.4, 0.5) is 0 Å². The van der Waals surface area contributed by atoms with Gasteiger partial charge in [0.2, 0.25) is 6.79 Å². The summed E-state index contributed by atoms with van der Waals surface area (Å²) in [4.78, 5) is 9.22. The van der Waals surface area contributed by atoms with Crippen molar-refractivity contribution in [3.05, 3.63) is 60.2 Å². The Labute approximate surface area is 154 Å². The first-order valence-electron chi connectivity index (χ1n) is 8.86. The molecule has 0 amide bonds. The van der Waals surface area contributed by atoms with Crippen LogP contribution in [0.25, 0.3) is 16.6 Å². The van der Waals surface area contributed by atoms with Crippen LogP contribution in [-0.4, -0.2) is 26.4 Å². The van der Waals surface area contributed by atoms with Crippen molar-refractivity contribution >= 4 is 16.6 Å². The van der Waals surface area contributed by atoms with Crippen LogP contribution in [0.1, 0.15) is 29.9 Å². The van der Waals surface area contributed by atoms with E-state index >= 15 is 0 Å². The van der Waals surface area contributed by atoms with Crippen LogP contribution in [0.5, 0.6) is 11.5 Å². The lowest BCUT2D eigenvalue weighted by molar-refractivity contribution is 0.174. The first-order chi connectivity index (χ1) is 13.3. The molecule has 2 aliphatic heterocycles. The van der Waals surface area contributed by atoms with Gasteiger partial charge in [0, 0.05) is 11.4 Å². The Morgan fingerprint density at radius 3 is 2.89 bits per heavy atom. The number of benzene rings is 2. The fourth-order valence-corrected chi connectivity index (χ4v) is 3.72. The van der Waals surface area contributed by atoms with Gasteiger partial charge in [-0.25, -0.2) is 25.3 Å². The van der Waals surface area contributed by atoms with E-state index in [-0.39, 0.29) is 18.9 Å². The van der Waals surface area contributed by atoms with E-state index in [0.717, 1.165) is 45.9 Å². The third-order valence-electron chi connectivity index (χ3n) is 5.11. The summed E-state index contributed by atoms with van der Waals surface area (Å²) < 4.78 is 12.6. The van der Waals surface area contributed by atoms with Crippen molar-refractivity contribution in [1.29, 1.82) is 0 Å².